The summed E-state index contributed by atoms with van der Waals surface area (Å²) in [4.78, 5) is 15.4. The molecule has 266 valence electrons. The fraction of sp³-hybridized carbons (Fsp3) is 0. The average molecular weight is 728 g/mol. The van der Waals surface area contributed by atoms with Gasteiger partial charge in [-0.3, -0.25) is 0 Å². The van der Waals surface area contributed by atoms with E-state index in [0.717, 1.165) is 66.3 Å². The summed E-state index contributed by atoms with van der Waals surface area (Å²) in [5.74, 6) is 1.80. The van der Waals surface area contributed by atoms with Crippen molar-refractivity contribution < 1.29 is 4.42 Å². The molecule has 0 spiro atoms. The first kappa shape index (κ1) is 32.7. The van der Waals surface area contributed by atoms with Crippen LogP contribution < -0.4 is 0 Å². The third-order valence-corrected chi connectivity index (χ3v) is 10.9. The molecule has 9 aromatic carbocycles. The van der Waals surface area contributed by atoms with Gasteiger partial charge in [0.25, 0.3) is 0 Å². The Morgan fingerprint density at radius 3 is 1.51 bits per heavy atom. The Bertz CT molecular complexity index is 3300. The highest BCUT2D eigenvalue weighted by Crippen LogP contribution is 2.39. The van der Waals surface area contributed by atoms with Gasteiger partial charge in [-0.25, -0.2) is 15.0 Å². The molecule has 57 heavy (non-hydrogen) atoms. The summed E-state index contributed by atoms with van der Waals surface area (Å²) in [6, 6.07) is 69.9. The molecule has 11 rings (SSSR count). The quantitative estimate of drug-likeness (QED) is 0.160. The van der Waals surface area contributed by atoms with Crippen LogP contribution in [0.2, 0.25) is 0 Å². The first-order valence-corrected chi connectivity index (χ1v) is 19.2. The molecular weight excluding hydrogens is 695 g/mol. The van der Waals surface area contributed by atoms with Gasteiger partial charge in [-0.15, -0.1) is 0 Å². The molecule has 2 aromatic heterocycles. The molecule has 0 saturated carbocycles. The SMILES string of the molecule is c1ccc(-c2cccc(-c3nc(-c4ccc5c(ccc6ccccc65)c4)nc(-c4ccc5c(c4)oc4cccc(-c6cccc(-c7ccccc7)c6)c45)n3)c2)cc1. The lowest BCUT2D eigenvalue weighted by Crippen LogP contribution is -2.00. The van der Waals surface area contributed by atoms with Gasteiger partial charge in [-0.05, 0) is 91.3 Å². The number of fused-ring (bicyclic) bond motifs is 6. The van der Waals surface area contributed by atoms with Crippen LogP contribution in [-0.4, -0.2) is 15.0 Å². The molecule has 0 aliphatic heterocycles. The lowest BCUT2D eigenvalue weighted by molar-refractivity contribution is 0.669. The standard InChI is InChI=1S/C53H33N3O/c1-3-12-34(13-4-1)37-17-9-19-39(30-37)46-22-11-23-48-50(46)47-29-27-43(33-49(47)57-48)53-55-51(41-20-10-18-38(31-41)35-14-5-2-6-15-35)54-52(56-53)42-26-28-45-40(32-42)25-24-36-16-7-8-21-44(36)45/h1-33H. The van der Waals surface area contributed by atoms with Gasteiger partial charge in [0.15, 0.2) is 17.5 Å². The molecule has 4 heteroatoms. The molecule has 11 aromatic rings. The molecule has 4 nitrogen and oxygen atoms in total. The van der Waals surface area contributed by atoms with Crippen LogP contribution in [-0.2, 0) is 0 Å². The monoisotopic (exact) mass is 727 g/mol. The van der Waals surface area contributed by atoms with Crippen LogP contribution in [0, 0.1) is 0 Å². The van der Waals surface area contributed by atoms with E-state index in [-0.39, 0.29) is 0 Å². The summed E-state index contributed by atoms with van der Waals surface area (Å²) in [5, 5.41) is 6.90. The zero-order chi connectivity index (χ0) is 37.7. The van der Waals surface area contributed by atoms with Crippen molar-refractivity contribution in [2.24, 2.45) is 0 Å². The predicted octanol–water partition coefficient (Wildman–Crippen LogP) is 14.1. The Morgan fingerprint density at radius 2 is 0.789 bits per heavy atom. The molecule has 2 heterocycles. The van der Waals surface area contributed by atoms with E-state index in [2.05, 4.69) is 182 Å². The van der Waals surface area contributed by atoms with E-state index >= 15 is 0 Å². The van der Waals surface area contributed by atoms with E-state index in [1.807, 2.05) is 18.2 Å². The summed E-state index contributed by atoms with van der Waals surface area (Å²) >= 11 is 0. The minimum absolute atomic E-state index is 0.580. The number of hydrogen-bond acceptors (Lipinski definition) is 4. The summed E-state index contributed by atoms with van der Waals surface area (Å²) in [6.45, 7) is 0. The normalized spacial score (nSPS) is 11.5. The highest BCUT2D eigenvalue weighted by atomic mass is 16.3. The minimum Gasteiger partial charge on any atom is -0.456 e. The second kappa shape index (κ2) is 13.6. The van der Waals surface area contributed by atoms with Crippen molar-refractivity contribution in [3.8, 4) is 67.5 Å². The van der Waals surface area contributed by atoms with Crippen molar-refractivity contribution in [2.45, 2.75) is 0 Å². The van der Waals surface area contributed by atoms with Gasteiger partial charge in [0.05, 0.1) is 0 Å². The van der Waals surface area contributed by atoms with Gasteiger partial charge >= 0.3 is 0 Å². The average Bonchev–Trinajstić information content (AvgIpc) is 3.68. The molecule has 0 N–H and O–H groups in total. The van der Waals surface area contributed by atoms with Crippen molar-refractivity contribution in [1.29, 1.82) is 0 Å². The number of nitrogens with zero attached hydrogens (tertiary/aromatic N) is 3. The summed E-state index contributed by atoms with van der Waals surface area (Å²) in [5.41, 5.74) is 11.2. The number of furan rings is 1. The van der Waals surface area contributed by atoms with Gasteiger partial charge in [-0.1, -0.05) is 164 Å². The lowest BCUT2D eigenvalue weighted by Gasteiger charge is -2.11. The first-order chi connectivity index (χ1) is 28.2. The second-order valence-electron chi connectivity index (χ2n) is 14.4. The van der Waals surface area contributed by atoms with Crippen molar-refractivity contribution in [2.75, 3.05) is 0 Å². The van der Waals surface area contributed by atoms with E-state index < -0.39 is 0 Å². The number of benzene rings is 9. The maximum Gasteiger partial charge on any atom is 0.164 e. The van der Waals surface area contributed by atoms with E-state index in [9.17, 15) is 0 Å². The molecule has 0 atom stereocenters. The maximum absolute atomic E-state index is 6.60. The molecule has 0 radical (unpaired) electrons. The van der Waals surface area contributed by atoms with Gasteiger partial charge in [0, 0.05) is 27.5 Å². The van der Waals surface area contributed by atoms with E-state index in [1.165, 1.54) is 27.3 Å². The van der Waals surface area contributed by atoms with E-state index in [0.29, 0.717) is 17.5 Å². The Morgan fingerprint density at radius 1 is 0.281 bits per heavy atom. The first-order valence-electron chi connectivity index (χ1n) is 19.2. The molecule has 0 aliphatic carbocycles. The van der Waals surface area contributed by atoms with Gasteiger partial charge in [0.1, 0.15) is 11.2 Å². The van der Waals surface area contributed by atoms with Crippen LogP contribution in [0.25, 0.3) is 111 Å². The smallest absolute Gasteiger partial charge is 0.164 e. The van der Waals surface area contributed by atoms with Gasteiger partial charge in [-0.2, -0.15) is 0 Å². The van der Waals surface area contributed by atoms with Crippen molar-refractivity contribution in [3.63, 3.8) is 0 Å². The fourth-order valence-electron chi connectivity index (χ4n) is 8.09. The predicted molar refractivity (Wildman–Crippen MR) is 235 cm³/mol. The Labute approximate surface area is 329 Å². The van der Waals surface area contributed by atoms with E-state index in [4.69, 9.17) is 19.4 Å². The summed E-state index contributed by atoms with van der Waals surface area (Å²) in [7, 11) is 0. The van der Waals surface area contributed by atoms with Crippen LogP contribution in [0.4, 0.5) is 0 Å². The molecule has 0 amide bonds. The van der Waals surface area contributed by atoms with Gasteiger partial charge in [0.2, 0.25) is 0 Å². The minimum atomic E-state index is 0.580. The molecule has 0 saturated heterocycles. The fourth-order valence-corrected chi connectivity index (χ4v) is 8.09. The van der Waals surface area contributed by atoms with Crippen LogP contribution in [0.5, 0.6) is 0 Å². The third kappa shape index (κ3) is 5.92. The van der Waals surface area contributed by atoms with Gasteiger partial charge < -0.3 is 4.42 Å². The van der Waals surface area contributed by atoms with Crippen molar-refractivity contribution >= 4 is 43.5 Å². The Balaban J connectivity index is 1.06. The molecule has 0 fully saturated rings. The molecular formula is C53H33N3O. The molecule has 0 aliphatic rings. The summed E-state index contributed by atoms with van der Waals surface area (Å²) in [6.07, 6.45) is 0. The molecule has 0 unspecified atom stereocenters. The zero-order valence-electron chi connectivity index (χ0n) is 30.8. The summed E-state index contributed by atoms with van der Waals surface area (Å²) < 4.78 is 6.60. The van der Waals surface area contributed by atoms with Crippen molar-refractivity contribution in [1.82, 2.24) is 15.0 Å². The topological polar surface area (TPSA) is 51.8 Å². The van der Waals surface area contributed by atoms with Crippen molar-refractivity contribution in [3.05, 3.63) is 200 Å². The second-order valence-corrected chi connectivity index (χ2v) is 14.4. The highest BCUT2D eigenvalue weighted by Gasteiger charge is 2.18. The maximum atomic E-state index is 6.60. The van der Waals surface area contributed by atoms with Crippen LogP contribution >= 0.6 is 0 Å². The largest absolute Gasteiger partial charge is 0.456 e. The molecule has 0 bridgehead atoms. The lowest BCUT2D eigenvalue weighted by atomic mass is 9.96. The Hall–Kier alpha value is -7.69. The number of hydrogen-bond donors (Lipinski definition) is 0. The van der Waals surface area contributed by atoms with Crippen LogP contribution in [0.1, 0.15) is 0 Å². The number of rotatable bonds is 6. The number of aromatic nitrogens is 3. The third-order valence-electron chi connectivity index (χ3n) is 10.9. The van der Waals surface area contributed by atoms with E-state index in [1.54, 1.807) is 0 Å². The Kier molecular flexibility index (Phi) is 7.78. The zero-order valence-corrected chi connectivity index (χ0v) is 30.8. The van der Waals surface area contributed by atoms with Crippen LogP contribution in [0.3, 0.4) is 0 Å². The highest BCUT2D eigenvalue weighted by molar-refractivity contribution is 6.13. The van der Waals surface area contributed by atoms with Crippen LogP contribution in [0.15, 0.2) is 205 Å².